The number of rotatable bonds is 4. The fourth-order valence-electron chi connectivity index (χ4n) is 3.42. The van der Waals surface area contributed by atoms with E-state index in [0.29, 0.717) is 37.4 Å². The van der Waals surface area contributed by atoms with Crippen LogP contribution in [0.5, 0.6) is 5.75 Å². The normalized spacial score (nSPS) is 22.9. The lowest BCUT2D eigenvalue weighted by Crippen LogP contribution is -2.47. The van der Waals surface area contributed by atoms with Crippen LogP contribution in [0.25, 0.3) is 0 Å². The van der Waals surface area contributed by atoms with E-state index in [9.17, 15) is 14.4 Å². The molecule has 2 aliphatic rings. The smallest absolute Gasteiger partial charge is 0.251 e. The van der Waals surface area contributed by atoms with Gasteiger partial charge in [0.1, 0.15) is 5.75 Å². The van der Waals surface area contributed by atoms with Crippen LogP contribution in [-0.4, -0.2) is 48.9 Å². The Morgan fingerprint density at radius 3 is 2.58 bits per heavy atom. The average molecular weight is 331 g/mol. The molecular formula is C17H21N3O4. The molecule has 2 N–H and O–H groups in total. The first-order valence-corrected chi connectivity index (χ1v) is 8.05. The number of methoxy groups -OCH3 is 1. The highest BCUT2D eigenvalue weighted by atomic mass is 16.5. The Morgan fingerprint density at radius 2 is 1.96 bits per heavy atom. The fraction of sp³-hybridized carbons (Fsp3) is 0.471. The molecule has 2 heterocycles. The molecular weight excluding hydrogens is 310 g/mol. The van der Waals surface area contributed by atoms with Gasteiger partial charge < -0.3 is 10.5 Å². The third kappa shape index (κ3) is 2.99. The predicted octanol–water partition coefficient (Wildman–Crippen LogP) is 0.524. The van der Waals surface area contributed by atoms with E-state index in [1.807, 2.05) is 4.90 Å². The van der Waals surface area contributed by atoms with E-state index in [1.54, 1.807) is 31.4 Å². The van der Waals surface area contributed by atoms with Crippen LogP contribution in [0.2, 0.25) is 0 Å². The topological polar surface area (TPSA) is 92.9 Å². The first-order chi connectivity index (χ1) is 11.5. The molecule has 3 amide bonds. The van der Waals surface area contributed by atoms with E-state index in [-0.39, 0.29) is 30.1 Å². The van der Waals surface area contributed by atoms with Crippen LogP contribution >= 0.6 is 0 Å². The number of hydrogen-bond donors (Lipinski definition) is 1. The molecule has 0 radical (unpaired) electrons. The zero-order chi connectivity index (χ0) is 17.3. The third-order valence-electron chi connectivity index (χ3n) is 4.81. The number of imide groups is 1. The molecule has 1 aromatic rings. The van der Waals surface area contributed by atoms with Crippen molar-refractivity contribution in [3.63, 3.8) is 0 Å². The van der Waals surface area contributed by atoms with Gasteiger partial charge in [0, 0.05) is 12.0 Å². The molecule has 1 aromatic carbocycles. The Kier molecular flexibility index (Phi) is 4.53. The molecule has 2 saturated heterocycles. The van der Waals surface area contributed by atoms with Gasteiger partial charge in [-0.1, -0.05) is 6.07 Å². The van der Waals surface area contributed by atoms with E-state index >= 15 is 0 Å². The molecule has 0 aliphatic carbocycles. The second-order valence-electron chi connectivity index (χ2n) is 6.20. The van der Waals surface area contributed by atoms with Crippen molar-refractivity contribution in [2.75, 3.05) is 25.1 Å². The standard InChI is InChI=1S/C17H21N3O4/c1-24-13-4-2-3-12(9-13)20-15(21)10-14(17(20)23)19-7-5-11(6-8-19)16(18)22/h2-4,9,11,14H,5-8,10H2,1H3,(H2,18,22)/t14-/m0/s1. The highest BCUT2D eigenvalue weighted by Crippen LogP contribution is 2.30. The van der Waals surface area contributed by atoms with Gasteiger partial charge in [0.05, 0.1) is 25.3 Å². The van der Waals surface area contributed by atoms with Gasteiger partial charge in [0.2, 0.25) is 11.8 Å². The summed E-state index contributed by atoms with van der Waals surface area (Å²) in [7, 11) is 1.54. The van der Waals surface area contributed by atoms with Crippen LogP contribution in [0.3, 0.4) is 0 Å². The summed E-state index contributed by atoms with van der Waals surface area (Å²) in [5.41, 5.74) is 5.87. The van der Waals surface area contributed by atoms with Crippen molar-refractivity contribution < 1.29 is 19.1 Å². The van der Waals surface area contributed by atoms with Crippen molar-refractivity contribution in [3.8, 4) is 5.75 Å². The molecule has 7 nitrogen and oxygen atoms in total. The first-order valence-electron chi connectivity index (χ1n) is 8.05. The number of ether oxygens (including phenoxy) is 1. The number of carbonyl (C=O) groups excluding carboxylic acids is 3. The summed E-state index contributed by atoms with van der Waals surface area (Å²) < 4.78 is 5.16. The van der Waals surface area contributed by atoms with Gasteiger partial charge in [-0.25, -0.2) is 4.90 Å². The lowest BCUT2D eigenvalue weighted by molar-refractivity contribution is -0.124. The molecule has 2 aliphatic heterocycles. The molecule has 0 spiro atoms. The lowest BCUT2D eigenvalue weighted by atomic mass is 9.95. The van der Waals surface area contributed by atoms with Gasteiger partial charge in [0.25, 0.3) is 5.91 Å². The highest BCUT2D eigenvalue weighted by Gasteiger charge is 2.43. The largest absolute Gasteiger partial charge is 0.497 e. The Morgan fingerprint density at radius 1 is 1.25 bits per heavy atom. The molecule has 3 rings (SSSR count). The van der Waals surface area contributed by atoms with Crippen molar-refractivity contribution >= 4 is 23.4 Å². The number of primary amides is 1. The summed E-state index contributed by atoms with van der Waals surface area (Å²) in [6, 6.07) is 6.45. The number of benzene rings is 1. The van der Waals surface area contributed by atoms with Gasteiger partial charge in [-0.2, -0.15) is 0 Å². The maximum Gasteiger partial charge on any atom is 0.251 e. The SMILES string of the molecule is COc1cccc(N2C(=O)C[C@H](N3CCC(C(N)=O)CC3)C2=O)c1. The van der Waals surface area contributed by atoms with Crippen molar-refractivity contribution in [3.05, 3.63) is 24.3 Å². The monoisotopic (exact) mass is 331 g/mol. The molecule has 0 unspecified atom stereocenters. The molecule has 128 valence electrons. The first kappa shape index (κ1) is 16.4. The average Bonchev–Trinajstić information content (AvgIpc) is 2.89. The minimum absolute atomic E-state index is 0.136. The van der Waals surface area contributed by atoms with E-state index in [0.717, 1.165) is 0 Å². The van der Waals surface area contributed by atoms with Gasteiger partial charge in [-0.15, -0.1) is 0 Å². The minimum atomic E-state index is -0.461. The van der Waals surface area contributed by atoms with Crippen LogP contribution in [-0.2, 0) is 14.4 Å². The Hall–Kier alpha value is -2.41. The maximum atomic E-state index is 12.8. The number of nitrogens with two attached hydrogens (primary N) is 1. The van der Waals surface area contributed by atoms with Gasteiger partial charge in [-0.05, 0) is 38.1 Å². The zero-order valence-corrected chi connectivity index (χ0v) is 13.6. The summed E-state index contributed by atoms with van der Waals surface area (Å²) in [5.74, 6) is -0.260. The second-order valence-corrected chi connectivity index (χ2v) is 6.20. The Balaban J connectivity index is 1.73. The molecule has 2 fully saturated rings. The molecule has 24 heavy (non-hydrogen) atoms. The van der Waals surface area contributed by atoms with E-state index in [2.05, 4.69) is 0 Å². The number of likely N-dealkylation sites (tertiary alicyclic amines) is 1. The van der Waals surface area contributed by atoms with Crippen LogP contribution in [0.4, 0.5) is 5.69 Å². The summed E-state index contributed by atoms with van der Waals surface area (Å²) in [5, 5.41) is 0. The van der Waals surface area contributed by atoms with Crippen molar-refractivity contribution in [1.82, 2.24) is 4.90 Å². The van der Waals surface area contributed by atoms with Crippen molar-refractivity contribution in [2.45, 2.75) is 25.3 Å². The van der Waals surface area contributed by atoms with Crippen LogP contribution in [0.1, 0.15) is 19.3 Å². The Bertz CT molecular complexity index is 668. The number of carbonyl (C=O) groups is 3. The van der Waals surface area contributed by atoms with E-state index < -0.39 is 6.04 Å². The Labute approximate surface area is 140 Å². The fourth-order valence-corrected chi connectivity index (χ4v) is 3.42. The van der Waals surface area contributed by atoms with Gasteiger partial charge >= 0.3 is 0 Å². The van der Waals surface area contributed by atoms with Gasteiger partial charge in [-0.3, -0.25) is 19.3 Å². The maximum absolute atomic E-state index is 12.8. The number of nitrogens with zero attached hydrogens (tertiary/aromatic N) is 2. The lowest BCUT2D eigenvalue weighted by Gasteiger charge is -2.33. The van der Waals surface area contributed by atoms with Gasteiger partial charge in [0.15, 0.2) is 0 Å². The number of piperidine rings is 1. The van der Waals surface area contributed by atoms with Crippen LogP contribution < -0.4 is 15.4 Å². The number of hydrogen-bond acceptors (Lipinski definition) is 5. The molecule has 0 saturated carbocycles. The van der Waals surface area contributed by atoms with E-state index in [1.165, 1.54) is 4.90 Å². The zero-order valence-electron chi connectivity index (χ0n) is 13.6. The summed E-state index contributed by atoms with van der Waals surface area (Å²) >= 11 is 0. The van der Waals surface area contributed by atoms with Crippen molar-refractivity contribution in [1.29, 1.82) is 0 Å². The summed E-state index contributed by atoms with van der Waals surface area (Å²) in [6.45, 7) is 1.20. The van der Waals surface area contributed by atoms with Crippen molar-refractivity contribution in [2.24, 2.45) is 11.7 Å². The number of amides is 3. The molecule has 0 bridgehead atoms. The predicted molar refractivity (Wildman–Crippen MR) is 87.4 cm³/mol. The number of anilines is 1. The van der Waals surface area contributed by atoms with Crippen LogP contribution in [0.15, 0.2) is 24.3 Å². The second kappa shape index (κ2) is 6.60. The minimum Gasteiger partial charge on any atom is -0.497 e. The quantitative estimate of drug-likeness (QED) is 0.812. The molecule has 1 atom stereocenters. The van der Waals surface area contributed by atoms with E-state index in [4.69, 9.17) is 10.5 Å². The summed E-state index contributed by atoms with van der Waals surface area (Å²) in [6.07, 6.45) is 1.43. The van der Waals surface area contributed by atoms with Crippen LogP contribution in [0, 0.1) is 5.92 Å². The summed E-state index contributed by atoms with van der Waals surface area (Å²) in [4.78, 5) is 39.6. The third-order valence-corrected chi connectivity index (χ3v) is 4.81. The molecule has 0 aromatic heterocycles. The highest BCUT2D eigenvalue weighted by molar-refractivity contribution is 6.22. The molecule has 7 heteroatoms.